The maximum absolute atomic E-state index is 5.55. The minimum atomic E-state index is 0.268. The van der Waals surface area contributed by atoms with Gasteiger partial charge in [0.05, 0.1) is 0 Å². The predicted molar refractivity (Wildman–Crippen MR) is 54.3 cm³/mol. The molecule has 2 unspecified atom stereocenters. The van der Waals surface area contributed by atoms with Gasteiger partial charge in [-0.05, 0) is 18.3 Å². The number of alkyl halides is 1. The quantitative estimate of drug-likeness (QED) is 0.784. The van der Waals surface area contributed by atoms with E-state index in [-0.39, 0.29) is 5.88 Å². The highest BCUT2D eigenvalue weighted by Gasteiger charge is 2.49. The Morgan fingerprint density at radius 3 is 2.93 bits per heavy atom. The van der Waals surface area contributed by atoms with Gasteiger partial charge in [0.25, 0.3) is 0 Å². The Hall–Kier alpha value is -0.770. The highest BCUT2D eigenvalue weighted by molar-refractivity contribution is 6.16. The van der Waals surface area contributed by atoms with Gasteiger partial charge in [-0.1, -0.05) is 18.9 Å². The Labute approximate surface area is 88.0 Å². The molecule has 1 N–H and O–H groups in total. The monoisotopic (exact) mass is 215 g/mol. The van der Waals surface area contributed by atoms with Gasteiger partial charge in [-0.3, -0.25) is 0 Å². The second kappa shape index (κ2) is 3.42. The number of hydrogen-bond acceptors (Lipinski definition) is 4. The molecule has 14 heavy (non-hydrogen) atoms. The van der Waals surface area contributed by atoms with Crippen molar-refractivity contribution in [3.05, 3.63) is 5.89 Å². The molecule has 2 rings (SSSR count). The van der Waals surface area contributed by atoms with E-state index in [1.807, 2.05) is 0 Å². The molecule has 1 saturated carbocycles. The zero-order chi connectivity index (χ0) is 10.2. The summed E-state index contributed by atoms with van der Waals surface area (Å²) in [5.41, 5.74) is 0.398. The van der Waals surface area contributed by atoms with Gasteiger partial charge in [0.15, 0.2) is 0 Å². The van der Waals surface area contributed by atoms with E-state index in [1.54, 1.807) is 0 Å². The molecule has 1 aromatic heterocycles. The fourth-order valence-electron chi connectivity index (χ4n) is 1.54. The zero-order valence-electron chi connectivity index (χ0n) is 8.38. The normalized spacial score (nSPS) is 30.4. The van der Waals surface area contributed by atoms with Crippen LogP contribution < -0.4 is 5.32 Å². The lowest BCUT2D eigenvalue weighted by Gasteiger charge is -2.06. The molecule has 1 aromatic rings. The molecular formula is C9H14ClN3O. The van der Waals surface area contributed by atoms with Crippen molar-refractivity contribution in [1.29, 1.82) is 0 Å². The number of nitrogens with zero attached hydrogens (tertiary/aromatic N) is 2. The fraction of sp³-hybridized carbons (Fsp3) is 0.778. The number of nitrogens with one attached hydrogen (secondary N) is 1. The molecule has 0 aliphatic heterocycles. The van der Waals surface area contributed by atoms with Gasteiger partial charge in [0.1, 0.15) is 5.88 Å². The standard InChI is InChI=1S/C9H14ClN3O/c1-3-9(2)4-6(9)11-8-13-12-7(5-10)14-8/h6H,3-5H2,1-2H3,(H,11,13). The Balaban J connectivity index is 1.93. The Morgan fingerprint density at radius 2 is 2.43 bits per heavy atom. The Morgan fingerprint density at radius 1 is 1.64 bits per heavy atom. The minimum Gasteiger partial charge on any atom is -0.407 e. The highest BCUT2D eigenvalue weighted by Crippen LogP contribution is 2.49. The van der Waals surface area contributed by atoms with E-state index in [9.17, 15) is 0 Å². The molecule has 0 bridgehead atoms. The summed E-state index contributed by atoms with van der Waals surface area (Å²) in [6.45, 7) is 4.45. The number of aromatic nitrogens is 2. The molecule has 0 saturated heterocycles. The van der Waals surface area contributed by atoms with Gasteiger partial charge in [-0.25, -0.2) is 0 Å². The molecule has 1 fully saturated rings. The lowest BCUT2D eigenvalue weighted by atomic mass is 10.1. The van der Waals surface area contributed by atoms with Gasteiger partial charge in [-0.15, -0.1) is 16.7 Å². The van der Waals surface area contributed by atoms with Crippen LogP contribution in [0.15, 0.2) is 4.42 Å². The van der Waals surface area contributed by atoms with Crippen molar-refractivity contribution in [3.8, 4) is 0 Å². The summed E-state index contributed by atoms with van der Waals surface area (Å²) in [4.78, 5) is 0. The van der Waals surface area contributed by atoms with Crippen LogP contribution in [0, 0.1) is 5.41 Å². The van der Waals surface area contributed by atoms with Crippen molar-refractivity contribution in [2.24, 2.45) is 5.41 Å². The number of hydrogen-bond donors (Lipinski definition) is 1. The van der Waals surface area contributed by atoms with Crippen LogP contribution in [-0.2, 0) is 5.88 Å². The molecule has 0 aromatic carbocycles. The van der Waals surface area contributed by atoms with Gasteiger partial charge in [-0.2, -0.15) is 0 Å². The second-order valence-electron chi connectivity index (χ2n) is 4.04. The summed E-state index contributed by atoms with van der Waals surface area (Å²) in [7, 11) is 0. The second-order valence-corrected chi connectivity index (χ2v) is 4.31. The Kier molecular flexibility index (Phi) is 2.39. The van der Waals surface area contributed by atoms with E-state index in [0.717, 1.165) is 0 Å². The molecule has 0 spiro atoms. The zero-order valence-corrected chi connectivity index (χ0v) is 9.14. The molecule has 0 amide bonds. The van der Waals surface area contributed by atoms with Crippen molar-refractivity contribution in [1.82, 2.24) is 10.2 Å². The molecular weight excluding hydrogens is 202 g/mol. The van der Waals surface area contributed by atoms with Crippen molar-refractivity contribution < 1.29 is 4.42 Å². The van der Waals surface area contributed by atoms with Gasteiger partial charge >= 0.3 is 6.01 Å². The summed E-state index contributed by atoms with van der Waals surface area (Å²) in [6, 6.07) is 0.957. The average Bonchev–Trinajstić information content (AvgIpc) is 2.64. The van der Waals surface area contributed by atoms with Crippen LogP contribution >= 0.6 is 11.6 Å². The largest absolute Gasteiger partial charge is 0.407 e. The van der Waals surface area contributed by atoms with E-state index >= 15 is 0 Å². The molecule has 5 heteroatoms. The molecule has 2 atom stereocenters. The summed E-state index contributed by atoms with van der Waals surface area (Å²) < 4.78 is 5.26. The molecule has 1 heterocycles. The first-order valence-electron chi connectivity index (χ1n) is 4.83. The molecule has 1 aliphatic rings. The van der Waals surface area contributed by atoms with Crippen LogP contribution in [0.1, 0.15) is 32.6 Å². The van der Waals surface area contributed by atoms with Crippen molar-refractivity contribution in [2.45, 2.75) is 38.6 Å². The number of rotatable bonds is 4. The van der Waals surface area contributed by atoms with Crippen LogP contribution in [0.3, 0.4) is 0 Å². The lowest BCUT2D eigenvalue weighted by Crippen LogP contribution is -2.10. The first-order valence-corrected chi connectivity index (χ1v) is 5.36. The lowest BCUT2D eigenvalue weighted by molar-refractivity contribution is 0.505. The first-order chi connectivity index (χ1) is 6.68. The minimum absolute atomic E-state index is 0.268. The summed E-state index contributed by atoms with van der Waals surface area (Å²) in [6.07, 6.45) is 2.34. The maximum Gasteiger partial charge on any atom is 0.315 e. The van der Waals surface area contributed by atoms with Crippen LogP contribution in [0.25, 0.3) is 0 Å². The fourth-order valence-corrected chi connectivity index (χ4v) is 1.65. The van der Waals surface area contributed by atoms with Crippen LogP contribution in [0.2, 0.25) is 0 Å². The first kappa shape index (κ1) is 9.77. The molecule has 1 aliphatic carbocycles. The number of halogens is 1. The Bertz CT molecular complexity index is 328. The van der Waals surface area contributed by atoms with E-state index in [4.69, 9.17) is 16.0 Å². The van der Waals surface area contributed by atoms with Crippen LogP contribution in [0.4, 0.5) is 6.01 Å². The third-order valence-corrected chi connectivity index (χ3v) is 3.27. The van der Waals surface area contributed by atoms with Gasteiger partial charge in [0.2, 0.25) is 5.89 Å². The third-order valence-electron chi connectivity index (χ3n) is 3.04. The molecule has 4 nitrogen and oxygen atoms in total. The maximum atomic E-state index is 5.55. The number of anilines is 1. The highest BCUT2D eigenvalue weighted by atomic mass is 35.5. The van der Waals surface area contributed by atoms with Gasteiger partial charge < -0.3 is 9.73 Å². The third kappa shape index (κ3) is 1.71. The molecule has 78 valence electrons. The molecule has 0 radical (unpaired) electrons. The summed E-state index contributed by atoms with van der Waals surface area (Å²) in [5.74, 6) is 0.734. The topological polar surface area (TPSA) is 51.0 Å². The van der Waals surface area contributed by atoms with E-state index < -0.39 is 0 Å². The summed E-state index contributed by atoms with van der Waals surface area (Å²) >= 11 is 5.55. The van der Waals surface area contributed by atoms with Crippen molar-refractivity contribution >= 4 is 17.6 Å². The van der Waals surface area contributed by atoms with E-state index in [2.05, 4.69) is 29.4 Å². The van der Waals surface area contributed by atoms with E-state index in [1.165, 1.54) is 12.8 Å². The van der Waals surface area contributed by atoms with E-state index in [0.29, 0.717) is 23.4 Å². The summed E-state index contributed by atoms with van der Waals surface area (Å²) in [5, 5.41) is 10.8. The smallest absolute Gasteiger partial charge is 0.315 e. The SMILES string of the molecule is CCC1(C)CC1Nc1nnc(CCl)o1. The van der Waals surface area contributed by atoms with Crippen molar-refractivity contribution in [2.75, 3.05) is 5.32 Å². The van der Waals surface area contributed by atoms with Crippen molar-refractivity contribution in [3.63, 3.8) is 0 Å². The average molecular weight is 216 g/mol. The van der Waals surface area contributed by atoms with Crippen LogP contribution in [-0.4, -0.2) is 16.2 Å². The predicted octanol–water partition coefficient (Wildman–Crippen LogP) is 2.41. The van der Waals surface area contributed by atoms with Gasteiger partial charge in [0, 0.05) is 6.04 Å². The van der Waals surface area contributed by atoms with Crippen LogP contribution in [0.5, 0.6) is 0 Å².